The van der Waals surface area contributed by atoms with Gasteiger partial charge in [-0.15, -0.1) is 11.3 Å². The number of nitrogens with zero attached hydrogens (tertiary/aromatic N) is 1. The molecule has 1 amide bonds. The zero-order chi connectivity index (χ0) is 25.8. The summed E-state index contributed by atoms with van der Waals surface area (Å²) in [6, 6.07) is 15.6. The van der Waals surface area contributed by atoms with Crippen molar-refractivity contribution in [3.05, 3.63) is 76.9 Å². The fourth-order valence-electron chi connectivity index (χ4n) is 3.47. The van der Waals surface area contributed by atoms with Crippen molar-refractivity contribution in [1.29, 1.82) is 0 Å². The van der Waals surface area contributed by atoms with Gasteiger partial charge in [0.05, 0.1) is 22.2 Å². The van der Waals surface area contributed by atoms with E-state index < -0.39 is 15.9 Å². The summed E-state index contributed by atoms with van der Waals surface area (Å²) in [5, 5.41) is 0.917. The fourth-order valence-corrected chi connectivity index (χ4v) is 5.47. The van der Waals surface area contributed by atoms with E-state index in [1.807, 2.05) is 61.7 Å². The number of benzene rings is 2. The van der Waals surface area contributed by atoms with Gasteiger partial charge < -0.3 is 9.47 Å². The quantitative estimate of drug-likeness (QED) is 0.232. The molecule has 3 rings (SSSR count). The number of hydrogen-bond acceptors (Lipinski definition) is 7. The normalized spacial score (nSPS) is 11.6. The first-order valence-electron chi connectivity index (χ1n) is 11.9. The lowest BCUT2D eigenvalue weighted by Crippen LogP contribution is -2.31. The lowest BCUT2D eigenvalue weighted by atomic mass is 10.0. The van der Waals surface area contributed by atoms with Crippen LogP contribution in [0.15, 0.2) is 60.8 Å². The molecule has 0 aliphatic heterocycles. The molecule has 0 aliphatic rings. The van der Waals surface area contributed by atoms with Gasteiger partial charge in [0.2, 0.25) is 10.0 Å². The molecule has 1 N–H and O–H groups in total. The van der Waals surface area contributed by atoms with Gasteiger partial charge in [-0.2, -0.15) is 0 Å². The third-order valence-electron chi connectivity index (χ3n) is 5.31. The second kappa shape index (κ2) is 13.9. The van der Waals surface area contributed by atoms with Crippen molar-refractivity contribution in [2.24, 2.45) is 0 Å². The van der Waals surface area contributed by atoms with Gasteiger partial charge in [-0.3, -0.25) is 4.79 Å². The van der Waals surface area contributed by atoms with Crippen molar-refractivity contribution in [3.63, 3.8) is 0 Å². The van der Waals surface area contributed by atoms with Gasteiger partial charge in [0.15, 0.2) is 0 Å². The summed E-state index contributed by atoms with van der Waals surface area (Å²) in [7, 11) is -2.03. The number of unbranched alkanes of at least 4 members (excludes halogenated alkanes) is 2. The monoisotopic (exact) mass is 528 g/mol. The summed E-state index contributed by atoms with van der Waals surface area (Å²) in [5.74, 6) is -0.0482. The molecule has 36 heavy (non-hydrogen) atoms. The van der Waals surface area contributed by atoms with Gasteiger partial charge in [0.1, 0.15) is 12.4 Å². The predicted octanol–water partition coefficient (Wildman–Crippen LogP) is 5.08. The van der Waals surface area contributed by atoms with E-state index in [0.29, 0.717) is 31.8 Å². The molecule has 3 aromatic rings. The molecule has 0 fully saturated rings. The molecule has 0 aliphatic carbocycles. The third kappa shape index (κ3) is 8.89. The summed E-state index contributed by atoms with van der Waals surface area (Å²) >= 11 is 1.60. The molecule has 7 nitrogen and oxygen atoms in total. The molecular formula is C27H32N2O5S2. The second-order valence-corrected chi connectivity index (χ2v) is 11.1. The van der Waals surface area contributed by atoms with Gasteiger partial charge in [0.25, 0.3) is 5.91 Å². The van der Waals surface area contributed by atoms with Crippen molar-refractivity contribution < 1.29 is 22.7 Å². The first-order valence-corrected chi connectivity index (χ1v) is 14.3. The van der Waals surface area contributed by atoms with E-state index in [4.69, 9.17) is 9.47 Å². The van der Waals surface area contributed by atoms with E-state index in [2.05, 4.69) is 9.71 Å². The second-order valence-electron chi connectivity index (χ2n) is 8.19. The summed E-state index contributed by atoms with van der Waals surface area (Å²) in [6.07, 6.45) is 7.50. The summed E-state index contributed by atoms with van der Waals surface area (Å²) in [6.45, 7) is 2.88. The molecule has 1 aromatic heterocycles. The highest BCUT2D eigenvalue weighted by Crippen LogP contribution is 2.29. The molecule has 1 heterocycles. The topological polar surface area (TPSA) is 94.6 Å². The van der Waals surface area contributed by atoms with Crippen LogP contribution in [0.25, 0.3) is 16.5 Å². The van der Waals surface area contributed by atoms with Gasteiger partial charge in [-0.1, -0.05) is 56.2 Å². The highest BCUT2D eigenvalue weighted by molar-refractivity contribution is 7.90. The average molecular weight is 529 g/mol. The number of carbonyl (C=O) groups is 1. The Morgan fingerprint density at radius 3 is 2.67 bits per heavy atom. The maximum atomic E-state index is 12.3. The van der Waals surface area contributed by atoms with Crippen LogP contribution in [-0.4, -0.2) is 45.4 Å². The summed E-state index contributed by atoms with van der Waals surface area (Å²) in [4.78, 5) is 18.0. The molecule has 0 atom stereocenters. The number of nitrogens with one attached hydrogen (secondary N) is 1. The van der Waals surface area contributed by atoms with Crippen molar-refractivity contribution in [2.75, 3.05) is 26.1 Å². The fraction of sp³-hybridized carbons (Fsp3) is 0.333. The van der Waals surface area contributed by atoms with Crippen LogP contribution in [0.3, 0.4) is 0 Å². The minimum Gasteiger partial charge on any atom is -0.491 e. The Morgan fingerprint density at radius 1 is 1.11 bits per heavy atom. The number of rotatable bonds is 14. The first-order chi connectivity index (χ1) is 17.4. The Kier molecular flexibility index (Phi) is 10.7. The largest absolute Gasteiger partial charge is 0.491 e. The maximum absolute atomic E-state index is 12.3. The SMILES string of the molecule is CCCCCS(=O)(=O)NC(=O)C=Cc1ccc(OCCOC)cc1Cc1ncc(-c2ccccc2)s1. The van der Waals surface area contributed by atoms with Crippen molar-refractivity contribution >= 4 is 33.3 Å². The van der Waals surface area contributed by atoms with Crippen LogP contribution in [0, 0.1) is 0 Å². The van der Waals surface area contributed by atoms with E-state index >= 15 is 0 Å². The molecule has 9 heteroatoms. The Morgan fingerprint density at radius 2 is 1.92 bits per heavy atom. The molecule has 0 saturated heterocycles. The van der Waals surface area contributed by atoms with Gasteiger partial charge in [0, 0.05) is 25.8 Å². The van der Waals surface area contributed by atoms with Crippen LogP contribution in [0.2, 0.25) is 0 Å². The summed E-state index contributed by atoms with van der Waals surface area (Å²) < 4.78 is 37.2. The number of methoxy groups -OCH3 is 1. The van der Waals surface area contributed by atoms with Gasteiger partial charge >= 0.3 is 0 Å². The molecule has 192 valence electrons. The molecule has 2 aromatic carbocycles. The average Bonchev–Trinajstić information content (AvgIpc) is 3.32. The molecule has 0 saturated carbocycles. The first kappa shape index (κ1) is 27.6. The zero-order valence-electron chi connectivity index (χ0n) is 20.6. The molecular weight excluding hydrogens is 496 g/mol. The number of hydrogen-bond donors (Lipinski definition) is 1. The minimum atomic E-state index is -3.65. The molecule has 0 spiro atoms. The van der Waals surface area contributed by atoms with Crippen molar-refractivity contribution in [3.8, 4) is 16.2 Å². The van der Waals surface area contributed by atoms with Crippen LogP contribution in [-0.2, 0) is 26.0 Å². The van der Waals surface area contributed by atoms with E-state index in [0.717, 1.165) is 39.4 Å². The van der Waals surface area contributed by atoms with Crippen LogP contribution < -0.4 is 9.46 Å². The Labute approximate surface area is 217 Å². The smallest absolute Gasteiger partial charge is 0.257 e. The number of thiazole rings is 1. The highest BCUT2D eigenvalue weighted by atomic mass is 32.2. The van der Waals surface area contributed by atoms with Crippen LogP contribution in [0.5, 0.6) is 5.75 Å². The lowest BCUT2D eigenvalue weighted by molar-refractivity contribution is -0.114. The Bertz CT molecular complexity index is 1250. The number of ether oxygens (including phenoxy) is 2. The lowest BCUT2D eigenvalue weighted by Gasteiger charge is -2.10. The zero-order valence-corrected chi connectivity index (χ0v) is 22.2. The van der Waals surface area contributed by atoms with Gasteiger partial charge in [-0.25, -0.2) is 18.1 Å². The van der Waals surface area contributed by atoms with Crippen LogP contribution in [0.4, 0.5) is 0 Å². The molecule has 0 radical (unpaired) electrons. The van der Waals surface area contributed by atoms with E-state index in [9.17, 15) is 13.2 Å². The molecule has 0 unspecified atom stereocenters. The number of amides is 1. The highest BCUT2D eigenvalue weighted by Gasteiger charge is 2.13. The number of aromatic nitrogens is 1. The standard InChI is InChI=1S/C27H32N2O5S2/c1-3-4-8-17-36(31,32)29-26(30)14-12-21-11-13-24(34-16-15-33-2)18-23(21)19-27-28-20-25(35-27)22-9-6-5-7-10-22/h5-7,9-14,18,20H,3-4,8,15-17,19H2,1-2H3,(H,29,30). The van der Waals surface area contributed by atoms with Crippen molar-refractivity contribution in [1.82, 2.24) is 9.71 Å². The van der Waals surface area contributed by atoms with Crippen LogP contribution >= 0.6 is 11.3 Å². The van der Waals surface area contributed by atoms with Gasteiger partial charge in [-0.05, 0) is 41.3 Å². The number of sulfonamides is 1. The van der Waals surface area contributed by atoms with Crippen molar-refractivity contribution in [2.45, 2.75) is 32.6 Å². The van der Waals surface area contributed by atoms with E-state index in [1.165, 1.54) is 6.08 Å². The number of carbonyl (C=O) groups excluding carboxylic acids is 1. The summed E-state index contributed by atoms with van der Waals surface area (Å²) in [5.41, 5.74) is 2.80. The Balaban J connectivity index is 1.77. The minimum absolute atomic E-state index is 0.0625. The van der Waals surface area contributed by atoms with E-state index in [-0.39, 0.29) is 5.75 Å². The van der Waals surface area contributed by atoms with Crippen LogP contribution in [0.1, 0.15) is 42.3 Å². The Hall–Kier alpha value is -3.01. The third-order valence-corrected chi connectivity index (χ3v) is 7.70. The van der Waals surface area contributed by atoms with E-state index in [1.54, 1.807) is 24.5 Å². The molecule has 0 bridgehead atoms. The maximum Gasteiger partial charge on any atom is 0.257 e. The predicted molar refractivity (Wildman–Crippen MR) is 145 cm³/mol.